The molecule has 2 aromatic heterocycles. The van der Waals surface area contributed by atoms with E-state index < -0.39 is 0 Å². The Bertz CT molecular complexity index is 440. The van der Waals surface area contributed by atoms with Crippen molar-refractivity contribution < 1.29 is 0 Å². The van der Waals surface area contributed by atoms with Crippen LogP contribution in [0.4, 0.5) is 0 Å². The van der Waals surface area contributed by atoms with Crippen LogP contribution in [0.2, 0.25) is 0 Å². The molecule has 2 rings (SSSR count). The standard InChI is InChI=1S/C7H7N3O/c1-4-2-5(11)6-7(10-4)9-3-8-6/h2-3H,1H3,(H2,8,9,10,11). The lowest BCUT2D eigenvalue weighted by atomic mass is 10.3. The van der Waals surface area contributed by atoms with Crippen LogP contribution in [0.15, 0.2) is 17.2 Å². The maximum Gasteiger partial charge on any atom is 0.207 e. The van der Waals surface area contributed by atoms with Gasteiger partial charge in [0.1, 0.15) is 5.52 Å². The van der Waals surface area contributed by atoms with Gasteiger partial charge in [-0.25, -0.2) is 4.98 Å². The number of aryl methyl sites for hydroxylation is 1. The van der Waals surface area contributed by atoms with Crippen LogP contribution in [0.5, 0.6) is 0 Å². The Morgan fingerprint density at radius 2 is 2.36 bits per heavy atom. The summed E-state index contributed by atoms with van der Waals surface area (Å²) in [4.78, 5) is 20.8. The third-order valence-corrected chi connectivity index (χ3v) is 1.55. The Kier molecular flexibility index (Phi) is 1.09. The number of hydrogen-bond donors (Lipinski definition) is 2. The van der Waals surface area contributed by atoms with Crippen molar-refractivity contribution in [2.45, 2.75) is 6.92 Å². The van der Waals surface area contributed by atoms with E-state index >= 15 is 0 Å². The van der Waals surface area contributed by atoms with Crippen LogP contribution < -0.4 is 5.43 Å². The fourth-order valence-electron chi connectivity index (χ4n) is 1.07. The van der Waals surface area contributed by atoms with Gasteiger partial charge in [0.25, 0.3) is 0 Å². The number of hydrogen-bond acceptors (Lipinski definition) is 2. The number of nitrogens with one attached hydrogen (secondary N) is 2. The second-order valence-electron chi connectivity index (χ2n) is 2.44. The zero-order valence-electron chi connectivity index (χ0n) is 6.01. The largest absolute Gasteiger partial charge is 0.342 e. The predicted molar refractivity (Wildman–Crippen MR) is 41.5 cm³/mol. The van der Waals surface area contributed by atoms with E-state index in [1.807, 2.05) is 6.92 Å². The molecule has 0 saturated carbocycles. The Balaban J connectivity index is 3.02. The molecule has 0 spiro atoms. The molecule has 0 fully saturated rings. The molecule has 0 saturated heterocycles. The fraction of sp³-hybridized carbons (Fsp3) is 0.143. The molecule has 2 heterocycles. The van der Waals surface area contributed by atoms with Crippen molar-refractivity contribution in [2.24, 2.45) is 0 Å². The molecule has 0 aliphatic carbocycles. The van der Waals surface area contributed by atoms with Crippen LogP contribution in [-0.2, 0) is 0 Å². The number of aromatic amines is 2. The number of pyridine rings is 1. The molecule has 0 aliphatic heterocycles. The summed E-state index contributed by atoms with van der Waals surface area (Å²) in [6.45, 7) is 1.83. The first-order valence-corrected chi connectivity index (χ1v) is 3.30. The first-order valence-electron chi connectivity index (χ1n) is 3.30. The Morgan fingerprint density at radius 3 is 3.18 bits per heavy atom. The number of nitrogens with zero attached hydrogens (tertiary/aromatic N) is 1. The molecule has 0 radical (unpaired) electrons. The average Bonchev–Trinajstić information content (AvgIpc) is 2.34. The Hall–Kier alpha value is -1.58. The van der Waals surface area contributed by atoms with Crippen molar-refractivity contribution in [3.8, 4) is 0 Å². The summed E-state index contributed by atoms with van der Waals surface area (Å²) >= 11 is 0. The van der Waals surface area contributed by atoms with E-state index in [0.717, 1.165) is 5.69 Å². The lowest BCUT2D eigenvalue weighted by molar-refractivity contribution is 1.21. The topological polar surface area (TPSA) is 61.5 Å². The number of H-pyrrole nitrogens is 2. The number of aromatic nitrogens is 3. The van der Waals surface area contributed by atoms with E-state index in [-0.39, 0.29) is 5.43 Å². The monoisotopic (exact) mass is 149 g/mol. The summed E-state index contributed by atoms with van der Waals surface area (Å²) in [6, 6.07) is 1.54. The van der Waals surface area contributed by atoms with Gasteiger partial charge in [-0.05, 0) is 6.92 Å². The highest BCUT2D eigenvalue weighted by Crippen LogP contribution is 1.99. The first-order chi connectivity index (χ1) is 5.27. The van der Waals surface area contributed by atoms with Gasteiger partial charge in [0.2, 0.25) is 5.43 Å². The van der Waals surface area contributed by atoms with Gasteiger partial charge in [0.15, 0.2) is 5.65 Å². The van der Waals surface area contributed by atoms with E-state index in [0.29, 0.717) is 11.2 Å². The third kappa shape index (κ3) is 0.832. The smallest absolute Gasteiger partial charge is 0.207 e. The molecule has 0 bridgehead atoms. The minimum Gasteiger partial charge on any atom is -0.342 e. The highest BCUT2D eigenvalue weighted by Gasteiger charge is 1.99. The Morgan fingerprint density at radius 1 is 1.55 bits per heavy atom. The second kappa shape index (κ2) is 1.95. The van der Waals surface area contributed by atoms with Crippen LogP contribution >= 0.6 is 0 Å². The summed E-state index contributed by atoms with van der Waals surface area (Å²) in [5.74, 6) is 0. The zero-order valence-corrected chi connectivity index (χ0v) is 6.01. The minimum atomic E-state index is -0.0197. The molecule has 4 heteroatoms. The summed E-state index contributed by atoms with van der Waals surface area (Å²) in [6.07, 6.45) is 1.50. The van der Waals surface area contributed by atoms with Gasteiger partial charge in [0.05, 0.1) is 6.33 Å². The van der Waals surface area contributed by atoms with Crippen molar-refractivity contribution in [3.05, 3.63) is 28.3 Å². The van der Waals surface area contributed by atoms with Crippen molar-refractivity contribution in [1.29, 1.82) is 0 Å². The first kappa shape index (κ1) is 6.15. The molecule has 0 aromatic carbocycles. The van der Waals surface area contributed by atoms with E-state index in [1.165, 1.54) is 6.33 Å². The lowest BCUT2D eigenvalue weighted by Gasteiger charge is -1.90. The summed E-state index contributed by atoms with van der Waals surface area (Å²) < 4.78 is 0. The van der Waals surface area contributed by atoms with Gasteiger partial charge in [-0.1, -0.05) is 0 Å². The van der Waals surface area contributed by atoms with Crippen LogP contribution in [0.1, 0.15) is 5.69 Å². The van der Waals surface area contributed by atoms with Crippen molar-refractivity contribution in [1.82, 2.24) is 15.0 Å². The normalized spacial score (nSPS) is 10.6. The molecule has 2 aromatic rings. The quantitative estimate of drug-likeness (QED) is 0.574. The number of fused-ring (bicyclic) bond motifs is 1. The SMILES string of the molecule is Cc1cc(=O)c2[nH]cnc2[nH]1. The molecular formula is C7H7N3O. The number of rotatable bonds is 0. The van der Waals surface area contributed by atoms with E-state index in [9.17, 15) is 4.79 Å². The third-order valence-electron chi connectivity index (χ3n) is 1.55. The molecule has 0 amide bonds. The van der Waals surface area contributed by atoms with Gasteiger partial charge in [-0.15, -0.1) is 0 Å². The summed E-state index contributed by atoms with van der Waals surface area (Å²) in [5, 5.41) is 0. The van der Waals surface area contributed by atoms with E-state index in [1.54, 1.807) is 6.07 Å². The zero-order chi connectivity index (χ0) is 7.84. The Labute approximate surface area is 62.3 Å². The molecule has 2 N–H and O–H groups in total. The molecule has 4 nitrogen and oxygen atoms in total. The molecular weight excluding hydrogens is 142 g/mol. The molecule has 0 unspecified atom stereocenters. The highest BCUT2D eigenvalue weighted by atomic mass is 16.1. The molecule has 0 aliphatic rings. The van der Waals surface area contributed by atoms with Crippen LogP contribution in [-0.4, -0.2) is 15.0 Å². The highest BCUT2D eigenvalue weighted by molar-refractivity contribution is 5.69. The summed E-state index contributed by atoms with van der Waals surface area (Å²) in [7, 11) is 0. The lowest BCUT2D eigenvalue weighted by Crippen LogP contribution is -2.02. The van der Waals surface area contributed by atoms with Gasteiger partial charge >= 0.3 is 0 Å². The van der Waals surface area contributed by atoms with Crippen LogP contribution in [0.3, 0.4) is 0 Å². The fourth-order valence-corrected chi connectivity index (χ4v) is 1.07. The van der Waals surface area contributed by atoms with Gasteiger partial charge in [-0.3, -0.25) is 4.79 Å². The van der Waals surface area contributed by atoms with Crippen LogP contribution in [0.25, 0.3) is 11.2 Å². The summed E-state index contributed by atoms with van der Waals surface area (Å²) in [5.41, 5.74) is 1.97. The van der Waals surface area contributed by atoms with E-state index in [2.05, 4.69) is 15.0 Å². The van der Waals surface area contributed by atoms with Gasteiger partial charge in [0, 0.05) is 11.8 Å². The van der Waals surface area contributed by atoms with E-state index in [4.69, 9.17) is 0 Å². The average molecular weight is 149 g/mol. The second-order valence-corrected chi connectivity index (χ2v) is 2.44. The van der Waals surface area contributed by atoms with Crippen LogP contribution in [0, 0.1) is 6.92 Å². The molecule has 56 valence electrons. The maximum absolute atomic E-state index is 11.2. The van der Waals surface area contributed by atoms with Gasteiger partial charge < -0.3 is 9.97 Å². The maximum atomic E-state index is 11.2. The number of imidazole rings is 1. The van der Waals surface area contributed by atoms with Crippen molar-refractivity contribution >= 4 is 11.2 Å². The molecule has 0 atom stereocenters. The van der Waals surface area contributed by atoms with Crippen molar-refractivity contribution in [2.75, 3.05) is 0 Å². The predicted octanol–water partition coefficient (Wildman–Crippen LogP) is 0.560. The minimum absolute atomic E-state index is 0.0197. The van der Waals surface area contributed by atoms with Crippen molar-refractivity contribution in [3.63, 3.8) is 0 Å². The van der Waals surface area contributed by atoms with Gasteiger partial charge in [-0.2, -0.15) is 0 Å². The molecule has 11 heavy (non-hydrogen) atoms.